The lowest BCUT2D eigenvalue weighted by atomic mass is 10.3. The van der Waals surface area contributed by atoms with Crippen molar-refractivity contribution in [3.05, 3.63) is 36.7 Å². The first-order chi connectivity index (χ1) is 8.84. The van der Waals surface area contributed by atoms with Gasteiger partial charge in [-0.15, -0.1) is 10.2 Å². The quantitative estimate of drug-likeness (QED) is 0.787. The van der Waals surface area contributed by atoms with Crippen LogP contribution in [-0.2, 0) is 9.53 Å². The standard InChI is InChI=1S/C12H11N3O2S/c16-11-10(6-7-17-11)18-12-14-13-8-15(12)9-4-2-1-3-5-9/h1-5,8,10H,6-7H2/t10-/m0/s1. The average Bonchev–Trinajstić information content (AvgIpc) is 3.01. The molecule has 0 saturated carbocycles. The summed E-state index contributed by atoms with van der Waals surface area (Å²) < 4.78 is 6.81. The van der Waals surface area contributed by atoms with Gasteiger partial charge >= 0.3 is 5.97 Å². The highest BCUT2D eigenvalue weighted by Gasteiger charge is 2.29. The second kappa shape index (κ2) is 4.81. The van der Waals surface area contributed by atoms with Gasteiger partial charge in [0.1, 0.15) is 11.6 Å². The van der Waals surface area contributed by atoms with Crippen LogP contribution in [0.3, 0.4) is 0 Å². The molecule has 1 aliphatic heterocycles. The van der Waals surface area contributed by atoms with Gasteiger partial charge in [0.05, 0.1) is 6.61 Å². The maximum Gasteiger partial charge on any atom is 0.319 e. The Hall–Kier alpha value is -1.82. The van der Waals surface area contributed by atoms with Crippen molar-refractivity contribution in [2.24, 2.45) is 0 Å². The van der Waals surface area contributed by atoms with Crippen LogP contribution in [0.5, 0.6) is 0 Å². The van der Waals surface area contributed by atoms with E-state index in [1.807, 2.05) is 34.9 Å². The van der Waals surface area contributed by atoms with E-state index >= 15 is 0 Å². The van der Waals surface area contributed by atoms with E-state index in [0.29, 0.717) is 11.8 Å². The van der Waals surface area contributed by atoms with Crippen molar-refractivity contribution in [2.75, 3.05) is 6.61 Å². The summed E-state index contributed by atoms with van der Waals surface area (Å²) in [6.45, 7) is 0.496. The fraction of sp³-hybridized carbons (Fsp3) is 0.250. The molecule has 5 nitrogen and oxygen atoms in total. The number of carbonyl (C=O) groups excluding carboxylic acids is 1. The fourth-order valence-electron chi connectivity index (χ4n) is 1.78. The van der Waals surface area contributed by atoms with Gasteiger partial charge in [-0.05, 0) is 12.1 Å². The van der Waals surface area contributed by atoms with Crippen LogP contribution < -0.4 is 0 Å². The molecule has 0 bridgehead atoms. The highest BCUT2D eigenvalue weighted by atomic mass is 32.2. The lowest BCUT2D eigenvalue weighted by molar-refractivity contribution is -0.137. The number of hydrogen-bond donors (Lipinski definition) is 0. The predicted octanol–water partition coefficient (Wildman–Crippen LogP) is 1.67. The first-order valence-corrected chi connectivity index (χ1v) is 6.51. The summed E-state index contributed by atoms with van der Waals surface area (Å²) >= 11 is 1.40. The smallest absolute Gasteiger partial charge is 0.319 e. The number of thioether (sulfide) groups is 1. The molecule has 0 amide bonds. The highest BCUT2D eigenvalue weighted by molar-refractivity contribution is 8.00. The molecule has 18 heavy (non-hydrogen) atoms. The van der Waals surface area contributed by atoms with Gasteiger partial charge < -0.3 is 4.74 Å². The molecule has 0 unspecified atom stereocenters. The maximum absolute atomic E-state index is 11.4. The molecule has 2 heterocycles. The molecule has 0 radical (unpaired) electrons. The number of aromatic nitrogens is 3. The molecule has 0 aliphatic carbocycles. The minimum absolute atomic E-state index is 0.164. The van der Waals surface area contributed by atoms with Gasteiger partial charge in [0, 0.05) is 12.1 Å². The van der Waals surface area contributed by atoms with Crippen molar-refractivity contribution in [1.82, 2.24) is 14.8 Å². The van der Waals surface area contributed by atoms with Gasteiger partial charge in [-0.2, -0.15) is 0 Å². The monoisotopic (exact) mass is 261 g/mol. The van der Waals surface area contributed by atoms with Gasteiger partial charge in [-0.1, -0.05) is 30.0 Å². The van der Waals surface area contributed by atoms with Crippen molar-refractivity contribution in [3.8, 4) is 5.69 Å². The highest BCUT2D eigenvalue weighted by Crippen LogP contribution is 2.29. The zero-order chi connectivity index (χ0) is 12.4. The van der Waals surface area contributed by atoms with Gasteiger partial charge in [-0.25, -0.2) is 0 Å². The molecule has 1 saturated heterocycles. The number of ether oxygens (including phenoxy) is 1. The summed E-state index contributed by atoms with van der Waals surface area (Å²) in [5, 5.41) is 8.51. The molecule has 1 aromatic carbocycles. The van der Waals surface area contributed by atoms with Crippen molar-refractivity contribution in [3.63, 3.8) is 0 Å². The van der Waals surface area contributed by atoms with E-state index in [1.54, 1.807) is 6.33 Å². The molecule has 1 aromatic heterocycles. The second-order valence-corrected chi connectivity index (χ2v) is 5.05. The summed E-state index contributed by atoms with van der Waals surface area (Å²) in [5.74, 6) is -0.164. The average molecular weight is 261 g/mol. The largest absolute Gasteiger partial charge is 0.465 e. The Morgan fingerprint density at radius 1 is 1.33 bits per heavy atom. The summed E-state index contributed by atoms with van der Waals surface area (Å²) in [6, 6.07) is 9.80. The number of carbonyl (C=O) groups is 1. The van der Waals surface area contributed by atoms with Crippen molar-refractivity contribution in [1.29, 1.82) is 0 Å². The van der Waals surface area contributed by atoms with Gasteiger partial charge in [0.15, 0.2) is 5.16 Å². The molecule has 0 spiro atoms. The normalized spacial score (nSPS) is 18.9. The van der Waals surface area contributed by atoms with Crippen LogP contribution in [0.4, 0.5) is 0 Å². The first-order valence-electron chi connectivity index (χ1n) is 5.63. The second-order valence-electron chi connectivity index (χ2n) is 3.88. The molecule has 92 valence electrons. The molecular weight excluding hydrogens is 250 g/mol. The molecule has 1 aliphatic rings. The minimum Gasteiger partial charge on any atom is -0.465 e. The van der Waals surface area contributed by atoms with E-state index in [9.17, 15) is 4.79 Å². The fourth-order valence-corrected chi connectivity index (χ4v) is 2.78. The molecule has 1 fully saturated rings. The predicted molar refractivity (Wildman–Crippen MR) is 66.6 cm³/mol. The zero-order valence-electron chi connectivity index (χ0n) is 9.52. The number of benzene rings is 1. The molecule has 6 heteroatoms. The number of nitrogens with zero attached hydrogens (tertiary/aromatic N) is 3. The Kier molecular flexibility index (Phi) is 3.02. The Labute approximate surface area is 108 Å². The van der Waals surface area contributed by atoms with Crippen molar-refractivity contribution in [2.45, 2.75) is 16.8 Å². The van der Waals surface area contributed by atoms with Crippen LogP contribution in [0.1, 0.15) is 6.42 Å². The van der Waals surface area contributed by atoms with Crippen molar-refractivity contribution < 1.29 is 9.53 Å². The minimum atomic E-state index is -0.170. The van der Waals surface area contributed by atoms with E-state index < -0.39 is 0 Å². The Morgan fingerprint density at radius 2 is 2.17 bits per heavy atom. The Balaban J connectivity index is 1.86. The lowest BCUT2D eigenvalue weighted by Crippen LogP contribution is -2.10. The van der Waals surface area contributed by atoms with Crippen LogP contribution in [0, 0.1) is 0 Å². The van der Waals surface area contributed by atoms with E-state index in [0.717, 1.165) is 12.1 Å². The number of hydrogen-bond acceptors (Lipinski definition) is 5. The molecule has 3 rings (SSSR count). The summed E-state index contributed by atoms with van der Waals surface area (Å²) in [5.41, 5.74) is 0.983. The van der Waals surface area contributed by atoms with E-state index in [2.05, 4.69) is 10.2 Å². The number of esters is 1. The maximum atomic E-state index is 11.4. The van der Waals surface area contributed by atoms with E-state index in [1.165, 1.54) is 11.8 Å². The van der Waals surface area contributed by atoms with Gasteiger partial charge in [0.2, 0.25) is 0 Å². The van der Waals surface area contributed by atoms with Crippen molar-refractivity contribution >= 4 is 17.7 Å². The molecule has 1 atom stereocenters. The third-order valence-electron chi connectivity index (χ3n) is 2.69. The topological polar surface area (TPSA) is 57.0 Å². The summed E-state index contributed by atoms with van der Waals surface area (Å²) in [4.78, 5) is 11.4. The first kappa shape index (κ1) is 11.3. The van der Waals surface area contributed by atoms with Crippen LogP contribution >= 0.6 is 11.8 Å². The summed E-state index contributed by atoms with van der Waals surface area (Å²) in [7, 11) is 0. The van der Waals surface area contributed by atoms with Gasteiger partial charge in [0.25, 0.3) is 0 Å². The lowest BCUT2D eigenvalue weighted by Gasteiger charge is -2.07. The van der Waals surface area contributed by atoms with Crippen LogP contribution in [-0.4, -0.2) is 32.6 Å². The van der Waals surface area contributed by atoms with E-state index in [4.69, 9.17) is 4.74 Å². The Bertz CT molecular complexity index is 555. The number of cyclic esters (lactones) is 1. The van der Waals surface area contributed by atoms with Crippen LogP contribution in [0.15, 0.2) is 41.8 Å². The van der Waals surface area contributed by atoms with Crippen LogP contribution in [0.25, 0.3) is 5.69 Å². The Morgan fingerprint density at radius 3 is 2.89 bits per heavy atom. The molecule has 0 N–H and O–H groups in total. The zero-order valence-corrected chi connectivity index (χ0v) is 10.3. The molecular formula is C12H11N3O2S. The molecule has 2 aromatic rings. The van der Waals surface area contributed by atoms with E-state index in [-0.39, 0.29) is 11.2 Å². The summed E-state index contributed by atoms with van der Waals surface area (Å²) in [6.07, 6.45) is 2.38. The SMILES string of the molecule is O=C1OCC[C@@H]1Sc1nncn1-c1ccccc1. The van der Waals surface area contributed by atoms with Crippen LogP contribution in [0.2, 0.25) is 0 Å². The number of para-hydroxylation sites is 1. The third kappa shape index (κ3) is 2.11. The number of rotatable bonds is 3. The third-order valence-corrected chi connectivity index (χ3v) is 3.89. The van der Waals surface area contributed by atoms with Gasteiger partial charge in [-0.3, -0.25) is 9.36 Å².